The van der Waals surface area contributed by atoms with Crippen LogP contribution in [0.2, 0.25) is 0 Å². The number of nitrogens with one attached hydrogen (secondary N) is 1. The summed E-state index contributed by atoms with van der Waals surface area (Å²) in [5.41, 5.74) is 3.11. The Balaban J connectivity index is 1.92. The van der Waals surface area contributed by atoms with Crippen LogP contribution in [0.25, 0.3) is 22.1 Å². The fraction of sp³-hybridized carbons (Fsp3) is 0.273. The minimum absolute atomic E-state index is 0.0322. The van der Waals surface area contributed by atoms with Gasteiger partial charge >= 0.3 is 11.6 Å². The van der Waals surface area contributed by atoms with Gasteiger partial charge in [0.05, 0.1) is 0 Å². The third-order valence-electron chi connectivity index (χ3n) is 4.04. The number of hydrogen-bond acceptors (Lipinski definition) is 5. The van der Waals surface area contributed by atoms with E-state index in [4.69, 9.17) is 9.15 Å². The first-order valence-electron chi connectivity index (χ1n) is 8.82. The van der Waals surface area contributed by atoms with Crippen molar-refractivity contribution in [2.45, 2.75) is 33.3 Å². The van der Waals surface area contributed by atoms with E-state index >= 15 is 0 Å². The number of esters is 1. The molecule has 1 aromatic heterocycles. The number of aryl methyl sites for hydroxylation is 1. The summed E-state index contributed by atoms with van der Waals surface area (Å²) in [6.07, 6.45) is 0. The monoisotopic (exact) mass is 365 g/mol. The van der Waals surface area contributed by atoms with Crippen molar-refractivity contribution in [1.82, 2.24) is 0 Å². The van der Waals surface area contributed by atoms with E-state index in [1.54, 1.807) is 6.07 Å². The van der Waals surface area contributed by atoms with Gasteiger partial charge in [0.2, 0.25) is 0 Å². The second-order valence-corrected chi connectivity index (χ2v) is 7.44. The number of rotatable bonds is 4. The van der Waals surface area contributed by atoms with Crippen LogP contribution in [0.15, 0.2) is 57.7 Å². The number of hydrogen-bond donors (Lipinski definition) is 1. The smallest absolute Gasteiger partial charge is 0.336 e. The average molecular weight is 365 g/mol. The summed E-state index contributed by atoms with van der Waals surface area (Å²) in [6.45, 7) is 7.51. The van der Waals surface area contributed by atoms with Crippen LogP contribution in [0.3, 0.4) is 0 Å². The van der Waals surface area contributed by atoms with Gasteiger partial charge in [-0.05, 0) is 51.0 Å². The van der Waals surface area contributed by atoms with Gasteiger partial charge in [0.25, 0.3) is 0 Å². The first-order chi connectivity index (χ1) is 12.7. The SMILES string of the molecule is Cc1ccccc1-c1cc(=O)oc2cc(NCC(=O)OC(C)(C)C)ccc12. The molecule has 2 aromatic carbocycles. The molecule has 3 rings (SSSR count). The minimum Gasteiger partial charge on any atom is -0.459 e. The van der Waals surface area contributed by atoms with E-state index in [9.17, 15) is 9.59 Å². The van der Waals surface area contributed by atoms with E-state index in [0.717, 1.165) is 22.1 Å². The van der Waals surface area contributed by atoms with Gasteiger partial charge in [0.15, 0.2) is 0 Å². The van der Waals surface area contributed by atoms with Gasteiger partial charge < -0.3 is 14.5 Å². The third-order valence-corrected chi connectivity index (χ3v) is 4.04. The zero-order valence-corrected chi connectivity index (χ0v) is 16.0. The standard InChI is InChI=1S/C22H23NO4/c1-14-7-5-6-8-16(14)18-12-20(24)26-19-11-15(9-10-17(18)19)23-13-21(25)27-22(2,3)4/h5-12,23H,13H2,1-4H3. The zero-order valence-electron chi connectivity index (χ0n) is 16.0. The molecule has 0 amide bonds. The van der Waals surface area contributed by atoms with Crippen molar-refractivity contribution in [3.8, 4) is 11.1 Å². The van der Waals surface area contributed by atoms with Crippen molar-refractivity contribution in [1.29, 1.82) is 0 Å². The molecule has 27 heavy (non-hydrogen) atoms. The van der Waals surface area contributed by atoms with E-state index in [0.29, 0.717) is 11.3 Å². The molecular formula is C22H23NO4. The van der Waals surface area contributed by atoms with Gasteiger partial charge in [-0.2, -0.15) is 0 Å². The molecule has 0 aliphatic rings. The normalized spacial score (nSPS) is 11.4. The minimum atomic E-state index is -0.530. The molecule has 0 radical (unpaired) electrons. The molecule has 0 aliphatic heterocycles. The van der Waals surface area contributed by atoms with E-state index in [-0.39, 0.29) is 12.5 Å². The maximum Gasteiger partial charge on any atom is 0.336 e. The van der Waals surface area contributed by atoms with E-state index in [1.807, 2.05) is 64.1 Å². The summed E-state index contributed by atoms with van der Waals surface area (Å²) in [5, 5.41) is 3.85. The van der Waals surface area contributed by atoms with Gasteiger partial charge in [-0.3, -0.25) is 4.79 Å². The lowest BCUT2D eigenvalue weighted by molar-refractivity contribution is -0.152. The van der Waals surface area contributed by atoms with E-state index in [1.165, 1.54) is 6.07 Å². The van der Waals surface area contributed by atoms with Gasteiger partial charge in [-0.1, -0.05) is 24.3 Å². The van der Waals surface area contributed by atoms with Crippen molar-refractivity contribution < 1.29 is 13.9 Å². The largest absolute Gasteiger partial charge is 0.459 e. The van der Waals surface area contributed by atoms with Crippen molar-refractivity contribution in [2.75, 3.05) is 11.9 Å². The van der Waals surface area contributed by atoms with Crippen LogP contribution < -0.4 is 10.9 Å². The summed E-state index contributed by atoms with van der Waals surface area (Å²) >= 11 is 0. The Morgan fingerprint density at radius 1 is 1.07 bits per heavy atom. The highest BCUT2D eigenvalue weighted by atomic mass is 16.6. The van der Waals surface area contributed by atoms with Crippen molar-refractivity contribution in [3.05, 3.63) is 64.5 Å². The van der Waals surface area contributed by atoms with Crippen LogP contribution in [0.4, 0.5) is 5.69 Å². The predicted octanol–water partition coefficient (Wildman–Crippen LogP) is 4.52. The fourth-order valence-corrected chi connectivity index (χ4v) is 2.92. The number of carbonyl (C=O) groups is 1. The Kier molecular flexibility index (Phi) is 5.04. The maximum absolute atomic E-state index is 12.1. The average Bonchev–Trinajstić information content (AvgIpc) is 2.58. The van der Waals surface area contributed by atoms with Gasteiger partial charge in [-0.25, -0.2) is 4.79 Å². The second kappa shape index (κ2) is 7.27. The summed E-state index contributed by atoms with van der Waals surface area (Å²) < 4.78 is 10.7. The Bertz CT molecular complexity index is 1040. The Morgan fingerprint density at radius 3 is 2.52 bits per heavy atom. The number of benzene rings is 2. The van der Waals surface area contributed by atoms with Crippen molar-refractivity contribution in [2.24, 2.45) is 0 Å². The molecule has 0 atom stereocenters. The summed E-state index contributed by atoms with van der Waals surface area (Å²) in [6, 6.07) is 14.9. The van der Waals surface area contributed by atoms with Crippen LogP contribution in [-0.2, 0) is 9.53 Å². The third kappa shape index (κ3) is 4.56. The first kappa shape index (κ1) is 18.7. The molecule has 0 fully saturated rings. The lowest BCUT2D eigenvalue weighted by Crippen LogP contribution is -2.28. The highest BCUT2D eigenvalue weighted by Gasteiger charge is 2.16. The molecule has 0 spiro atoms. The summed E-state index contributed by atoms with van der Waals surface area (Å²) in [4.78, 5) is 23.9. The zero-order chi connectivity index (χ0) is 19.6. The fourth-order valence-electron chi connectivity index (χ4n) is 2.92. The molecule has 3 aromatic rings. The molecule has 0 unspecified atom stereocenters. The Hall–Kier alpha value is -3.08. The van der Waals surface area contributed by atoms with Gasteiger partial charge in [0.1, 0.15) is 17.7 Å². The summed E-state index contributed by atoms with van der Waals surface area (Å²) in [5.74, 6) is -0.349. The number of anilines is 1. The molecule has 0 saturated carbocycles. The molecule has 140 valence electrons. The van der Waals surface area contributed by atoms with Gasteiger partial charge in [-0.15, -0.1) is 0 Å². The second-order valence-electron chi connectivity index (χ2n) is 7.44. The topological polar surface area (TPSA) is 68.5 Å². The molecule has 0 saturated heterocycles. The lowest BCUT2D eigenvalue weighted by Gasteiger charge is -2.19. The predicted molar refractivity (Wildman–Crippen MR) is 107 cm³/mol. The maximum atomic E-state index is 12.1. The molecule has 1 heterocycles. The van der Waals surface area contributed by atoms with Crippen LogP contribution in [-0.4, -0.2) is 18.1 Å². The van der Waals surface area contributed by atoms with E-state index < -0.39 is 11.2 Å². The number of carbonyl (C=O) groups excluding carboxylic acids is 1. The molecule has 0 aliphatic carbocycles. The summed E-state index contributed by atoms with van der Waals surface area (Å²) in [7, 11) is 0. The molecule has 0 bridgehead atoms. The highest BCUT2D eigenvalue weighted by Crippen LogP contribution is 2.30. The Labute approximate surface area is 158 Å². The van der Waals surface area contributed by atoms with Crippen molar-refractivity contribution >= 4 is 22.6 Å². The van der Waals surface area contributed by atoms with Gasteiger partial charge in [0, 0.05) is 28.8 Å². The van der Waals surface area contributed by atoms with Crippen LogP contribution in [0.5, 0.6) is 0 Å². The van der Waals surface area contributed by atoms with Crippen LogP contribution in [0, 0.1) is 6.92 Å². The highest BCUT2D eigenvalue weighted by molar-refractivity contribution is 5.95. The number of fused-ring (bicyclic) bond motifs is 1. The quantitative estimate of drug-likeness (QED) is 0.544. The molecule has 5 heteroatoms. The molecular weight excluding hydrogens is 342 g/mol. The van der Waals surface area contributed by atoms with E-state index in [2.05, 4.69) is 5.32 Å². The Morgan fingerprint density at radius 2 is 1.81 bits per heavy atom. The van der Waals surface area contributed by atoms with Crippen molar-refractivity contribution in [3.63, 3.8) is 0 Å². The number of ether oxygens (including phenoxy) is 1. The van der Waals surface area contributed by atoms with Crippen LogP contribution in [0.1, 0.15) is 26.3 Å². The lowest BCUT2D eigenvalue weighted by atomic mass is 9.98. The first-order valence-corrected chi connectivity index (χ1v) is 8.82. The van der Waals surface area contributed by atoms with Crippen LogP contribution >= 0.6 is 0 Å². The molecule has 1 N–H and O–H groups in total. The molecule has 5 nitrogen and oxygen atoms in total.